The van der Waals surface area contributed by atoms with Crippen molar-refractivity contribution in [1.29, 1.82) is 0 Å². The van der Waals surface area contributed by atoms with Gasteiger partial charge in [-0.15, -0.1) is 0 Å². The lowest BCUT2D eigenvalue weighted by Gasteiger charge is -2.30. The third-order valence-electron chi connectivity index (χ3n) is 3.66. The van der Waals surface area contributed by atoms with Crippen molar-refractivity contribution in [2.24, 2.45) is 13.0 Å². The van der Waals surface area contributed by atoms with Gasteiger partial charge in [-0.3, -0.25) is 0 Å². The van der Waals surface area contributed by atoms with Crippen LogP contribution in [0.3, 0.4) is 0 Å². The molecule has 1 aliphatic heterocycles. The third kappa shape index (κ3) is 3.33. The molecule has 1 aromatic rings. The first-order chi connectivity index (χ1) is 9.45. The summed E-state index contributed by atoms with van der Waals surface area (Å²) in [5.41, 5.74) is 0. The van der Waals surface area contributed by atoms with Gasteiger partial charge in [0, 0.05) is 26.3 Å². The Bertz CT molecular complexity index is 530. The smallest absolute Gasteiger partial charge is 0.262 e. The number of nitrogens with zero attached hydrogens (tertiary/aromatic N) is 3. The lowest BCUT2D eigenvalue weighted by molar-refractivity contribution is 0.268. The van der Waals surface area contributed by atoms with E-state index in [9.17, 15) is 8.42 Å². The lowest BCUT2D eigenvalue weighted by Crippen LogP contribution is -2.40. The number of rotatable bonds is 5. The molecule has 20 heavy (non-hydrogen) atoms. The summed E-state index contributed by atoms with van der Waals surface area (Å²) in [6, 6.07) is 0. The van der Waals surface area contributed by atoms with E-state index in [-0.39, 0.29) is 10.3 Å². The Balaban J connectivity index is 2.02. The molecule has 8 heteroatoms. The summed E-state index contributed by atoms with van der Waals surface area (Å²) in [7, 11) is -1.83. The molecule has 2 rings (SSSR count). The molecular formula is C12H21ClN4O2S. The van der Waals surface area contributed by atoms with Gasteiger partial charge in [-0.2, -0.15) is 4.31 Å². The average Bonchev–Trinajstić information content (AvgIpc) is 2.77. The molecule has 0 atom stereocenters. The second-order valence-electron chi connectivity index (χ2n) is 5.11. The van der Waals surface area contributed by atoms with E-state index in [1.54, 1.807) is 7.05 Å². The van der Waals surface area contributed by atoms with Crippen LogP contribution in [0.15, 0.2) is 11.2 Å². The number of halogens is 1. The zero-order valence-electron chi connectivity index (χ0n) is 11.8. The molecule has 0 aliphatic carbocycles. The summed E-state index contributed by atoms with van der Waals surface area (Å²) in [5.74, 6) is 0.550. The van der Waals surface area contributed by atoms with Crippen molar-refractivity contribution in [3.05, 3.63) is 11.5 Å². The van der Waals surface area contributed by atoms with Crippen LogP contribution in [0.2, 0.25) is 5.28 Å². The van der Waals surface area contributed by atoms with Crippen LogP contribution < -0.4 is 5.32 Å². The minimum Gasteiger partial charge on any atom is -0.323 e. The molecule has 0 unspecified atom stereocenters. The molecule has 0 aromatic carbocycles. The van der Waals surface area contributed by atoms with Gasteiger partial charge in [0.15, 0.2) is 5.03 Å². The van der Waals surface area contributed by atoms with Crippen LogP contribution in [0.1, 0.15) is 19.8 Å². The fourth-order valence-electron chi connectivity index (χ4n) is 2.38. The fraction of sp³-hybridized carbons (Fsp3) is 0.750. The molecule has 0 bridgehead atoms. The Morgan fingerprint density at radius 1 is 1.45 bits per heavy atom. The molecule has 0 radical (unpaired) electrons. The van der Waals surface area contributed by atoms with E-state index in [0.717, 1.165) is 25.9 Å². The van der Waals surface area contributed by atoms with E-state index < -0.39 is 10.0 Å². The van der Waals surface area contributed by atoms with Crippen molar-refractivity contribution in [2.75, 3.05) is 26.2 Å². The van der Waals surface area contributed by atoms with Gasteiger partial charge in [0.2, 0.25) is 5.28 Å². The number of piperidine rings is 1. The van der Waals surface area contributed by atoms with E-state index in [1.807, 2.05) is 0 Å². The second-order valence-corrected chi connectivity index (χ2v) is 7.34. The number of nitrogens with one attached hydrogen (secondary N) is 1. The van der Waals surface area contributed by atoms with Crippen LogP contribution in [-0.4, -0.2) is 48.5 Å². The van der Waals surface area contributed by atoms with E-state index in [4.69, 9.17) is 11.6 Å². The highest BCUT2D eigenvalue weighted by molar-refractivity contribution is 7.89. The van der Waals surface area contributed by atoms with E-state index in [2.05, 4.69) is 17.2 Å². The maximum Gasteiger partial charge on any atom is 0.262 e. The Labute approximate surface area is 125 Å². The molecule has 1 N–H and O–H groups in total. The summed E-state index contributed by atoms with van der Waals surface area (Å²) >= 11 is 5.82. The molecular weight excluding hydrogens is 300 g/mol. The fourth-order valence-corrected chi connectivity index (χ4v) is 4.02. The normalized spacial score (nSPS) is 18.6. The average molecular weight is 321 g/mol. The van der Waals surface area contributed by atoms with Crippen LogP contribution >= 0.6 is 11.6 Å². The van der Waals surface area contributed by atoms with Crippen molar-refractivity contribution < 1.29 is 8.42 Å². The van der Waals surface area contributed by atoms with Crippen molar-refractivity contribution in [2.45, 2.75) is 24.8 Å². The third-order valence-corrected chi connectivity index (χ3v) is 5.78. The van der Waals surface area contributed by atoms with Gasteiger partial charge in [0.05, 0.1) is 0 Å². The van der Waals surface area contributed by atoms with Crippen molar-refractivity contribution in [3.8, 4) is 0 Å². The number of hydrogen-bond acceptors (Lipinski definition) is 4. The number of sulfonamides is 1. The van der Waals surface area contributed by atoms with Crippen LogP contribution in [0, 0.1) is 5.92 Å². The maximum atomic E-state index is 12.4. The largest absolute Gasteiger partial charge is 0.323 e. The molecule has 1 aliphatic rings. The predicted octanol–water partition coefficient (Wildman–Crippen LogP) is 1.08. The van der Waals surface area contributed by atoms with Gasteiger partial charge in [0.1, 0.15) is 0 Å². The topological polar surface area (TPSA) is 67.2 Å². The van der Waals surface area contributed by atoms with Crippen molar-refractivity contribution in [3.63, 3.8) is 0 Å². The number of imidazole rings is 1. The highest BCUT2D eigenvalue weighted by Crippen LogP contribution is 2.23. The number of aryl methyl sites for hydroxylation is 1. The Morgan fingerprint density at radius 3 is 2.60 bits per heavy atom. The van der Waals surface area contributed by atoms with Gasteiger partial charge in [-0.05, 0) is 43.5 Å². The van der Waals surface area contributed by atoms with Gasteiger partial charge in [-0.1, -0.05) is 6.92 Å². The molecule has 114 valence electrons. The molecule has 1 saturated heterocycles. The summed E-state index contributed by atoms with van der Waals surface area (Å²) in [6.07, 6.45) is 3.22. The molecule has 0 amide bonds. The summed E-state index contributed by atoms with van der Waals surface area (Å²) in [5, 5.41) is 3.54. The first kappa shape index (κ1) is 15.8. The highest BCUT2D eigenvalue weighted by Gasteiger charge is 2.31. The summed E-state index contributed by atoms with van der Waals surface area (Å²) in [6.45, 7) is 5.08. The van der Waals surface area contributed by atoms with E-state index in [0.29, 0.717) is 19.0 Å². The Hall–Kier alpha value is -0.630. The Kier molecular flexibility index (Phi) is 5.06. The second kappa shape index (κ2) is 6.43. The SMILES string of the molecule is CCNCC1CCN(S(=O)(=O)c2cn(C)c(Cl)n2)CC1. The highest BCUT2D eigenvalue weighted by atomic mass is 35.5. The number of hydrogen-bond donors (Lipinski definition) is 1. The zero-order chi connectivity index (χ0) is 14.8. The predicted molar refractivity (Wildman–Crippen MR) is 78.2 cm³/mol. The van der Waals surface area contributed by atoms with E-state index in [1.165, 1.54) is 15.1 Å². The molecule has 1 aromatic heterocycles. The van der Waals surface area contributed by atoms with Gasteiger partial charge >= 0.3 is 0 Å². The minimum atomic E-state index is -3.51. The standard InChI is InChI=1S/C12H21ClN4O2S/c1-3-14-8-10-4-6-17(7-5-10)20(18,19)11-9-16(2)12(13)15-11/h9-10,14H,3-8H2,1-2H3. The monoisotopic (exact) mass is 320 g/mol. The molecule has 1 fully saturated rings. The molecule has 2 heterocycles. The van der Waals surface area contributed by atoms with Crippen LogP contribution in [0.25, 0.3) is 0 Å². The lowest BCUT2D eigenvalue weighted by atomic mass is 9.98. The quantitative estimate of drug-likeness (QED) is 0.881. The molecule has 0 spiro atoms. The van der Waals surface area contributed by atoms with Crippen LogP contribution in [0.4, 0.5) is 0 Å². The molecule has 0 saturated carbocycles. The van der Waals surface area contributed by atoms with E-state index >= 15 is 0 Å². The van der Waals surface area contributed by atoms with Gasteiger partial charge < -0.3 is 9.88 Å². The maximum absolute atomic E-state index is 12.4. The minimum absolute atomic E-state index is 0.0372. The summed E-state index contributed by atoms with van der Waals surface area (Å²) in [4.78, 5) is 3.91. The van der Waals surface area contributed by atoms with Crippen LogP contribution in [0.5, 0.6) is 0 Å². The van der Waals surface area contributed by atoms with Gasteiger partial charge in [-0.25, -0.2) is 13.4 Å². The number of aromatic nitrogens is 2. The first-order valence-corrected chi connectivity index (χ1v) is 8.66. The Morgan fingerprint density at radius 2 is 2.10 bits per heavy atom. The van der Waals surface area contributed by atoms with Crippen LogP contribution in [-0.2, 0) is 17.1 Å². The van der Waals surface area contributed by atoms with Crippen molar-refractivity contribution >= 4 is 21.6 Å². The summed E-state index contributed by atoms with van der Waals surface area (Å²) < 4.78 is 27.9. The van der Waals surface area contributed by atoms with Crippen molar-refractivity contribution in [1.82, 2.24) is 19.2 Å². The molecule has 6 nitrogen and oxygen atoms in total. The first-order valence-electron chi connectivity index (χ1n) is 6.85. The van der Waals surface area contributed by atoms with Gasteiger partial charge in [0.25, 0.3) is 10.0 Å². The zero-order valence-corrected chi connectivity index (χ0v) is 13.4.